The van der Waals surface area contributed by atoms with Crippen LogP contribution in [0.25, 0.3) is 0 Å². The molecule has 72 valence electrons. The van der Waals surface area contributed by atoms with Crippen molar-refractivity contribution in [3.8, 4) is 5.75 Å². The highest BCUT2D eigenvalue weighted by molar-refractivity contribution is 6.32. The Labute approximate surface area is 85.8 Å². The van der Waals surface area contributed by atoms with Gasteiger partial charge in [-0.1, -0.05) is 23.2 Å². The van der Waals surface area contributed by atoms with Crippen LogP contribution in [0.3, 0.4) is 0 Å². The molecule has 0 saturated carbocycles. The van der Waals surface area contributed by atoms with Crippen molar-refractivity contribution in [2.75, 3.05) is 20.3 Å². The number of nitrogens with zero attached hydrogens (tertiary/aromatic N) is 2. The Bertz CT molecular complexity index is 283. The highest BCUT2D eigenvalue weighted by atomic mass is 35.5. The first-order valence-corrected chi connectivity index (χ1v) is 4.30. The van der Waals surface area contributed by atoms with Gasteiger partial charge < -0.3 is 9.47 Å². The molecule has 0 N–H and O–H groups in total. The van der Waals surface area contributed by atoms with Crippen LogP contribution in [0, 0.1) is 0 Å². The lowest BCUT2D eigenvalue weighted by Crippen LogP contribution is -2.05. The highest BCUT2D eigenvalue weighted by Crippen LogP contribution is 2.22. The van der Waals surface area contributed by atoms with Crippen LogP contribution in [0.15, 0.2) is 6.07 Å². The summed E-state index contributed by atoms with van der Waals surface area (Å²) in [5.41, 5.74) is 0. The lowest BCUT2D eigenvalue weighted by Gasteiger charge is -2.05. The van der Waals surface area contributed by atoms with Crippen molar-refractivity contribution < 1.29 is 9.47 Å². The number of hydrogen-bond donors (Lipinski definition) is 0. The third kappa shape index (κ3) is 3.34. The predicted octanol–water partition coefficient (Wildman–Crippen LogP) is 1.81. The summed E-state index contributed by atoms with van der Waals surface area (Å²) in [6.45, 7) is 0.883. The highest BCUT2D eigenvalue weighted by Gasteiger charge is 2.04. The minimum absolute atomic E-state index is 0.195. The van der Waals surface area contributed by atoms with Crippen LogP contribution in [0.5, 0.6) is 5.75 Å². The van der Waals surface area contributed by atoms with Crippen molar-refractivity contribution in [2.45, 2.75) is 0 Å². The lowest BCUT2D eigenvalue weighted by atomic mass is 10.5. The third-order valence-electron chi connectivity index (χ3n) is 1.23. The second-order valence-electron chi connectivity index (χ2n) is 2.16. The molecule has 1 aromatic heterocycles. The normalized spacial score (nSPS) is 10.1. The molecule has 13 heavy (non-hydrogen) atoms. The molecule has 0 unspecified atom stereocenters. The van der Waals surface area contributed by atoms with Crippen LogP contribution in [0.2, 0.25) is 10.3 Å². The fourth-order valence-electron chi connectivity index (χ4n) is 0.674. The maximum atomic E-state index is 5.68. The molecule has 1 heterocycles. The van der Waals surface area contributed by atoms with Crippen LogP contribution in [0.4, 0.5) is 0 Å². The van der Waals surface area contributed by atoms with Gasteiger partial charge in [0.2, 0.25) is 0 Å². The summed E-state index contributed by atoms with van der Waals surface area (Å²) in [6, 6.07) is 1.51. The Morgan fingerprint density at radius 1 is 1.31 bits per heavy atom. The molecule has 0 aromatic carbocycles. The van der Waals surface area contributed by atoms with Crippen molar-refractivity contribution in [1.82, 2.24) is 10.2 Å². The van der Waals surface area contributed by atoms with Crippen molar-refractivity contribution in [3.63, 3.8) is 0 Å². The zero-order valence-electron chi connectivity index (χ0n) is 6.96. The number of ether oxygens (including phenoxy) is 2. The monoisotopic (exact) mass is 222 g/mol. The van der Waals surface area contributed by atoms with E-state index in [1.165, 1.54) is 6.07 Å². The molecule has 0 atom stereocenters. The van der Waals surface area contributed by atoms with Gasteiger partial charge in [-0.15, -0.1) is 10.2 Å². The molecular formula is C7H8Cl2N2O2. The minimum atomic E-state index is 0.195. The minimum Gasteiger partial charge on any atom is -0.488 e. The second kappa shape index (κ2) is 5.21. The lowest BCUT2D eigenvalue weighted by molar-refractivity contribution is 0.146. The first-order chi connectivity index (χ1) is 6.24. The maximum absolute atomic E-state index is 5.68. The van der Waals surface area contributed by atoms with E-state index in [9.17, 15) is 0 Å². The third-order valence-corrected chi connectivity index (χ3v) is 1.68. The zero-order valence-corrected chi connectivity index (χ0v) is 8.47. The van der Waals surface area contributed by atoms with Gasteiger partial charge in [-0.2, -0.15) is 0 Å². The molecule has 0 aliphatic carbocycles. The maximum Gasteiger partial charge on any atom is 0.193 e. The average molecular weight is 223 g/mol. The Morgan fingerprint density at radius 3 is 2.77 bits per heavy atom. The Kier molecular flexibility index (Phi) is 4.21. The van der Waals surface area contributed by atoms with Crippen molar-refractivity contribution >= 4 is 23.2 Å². The van der Waals surface area contributed by atoms with Crippen LogP contribution in [0.1, 0.15) is 0 Å². The second-order valence-corrected chi connectivity index (χ2v) is 2.91. The number of aromatic nitrogens is 2. The summed E-state index contributed by atoms with van der Waals surface area (Å²) < 4.78 is 10.0. The standard InChI is InChI=1S/C7H8Cl2N2O2/c1-12-2-3-13-5-4-6(8)10-11-7(5)9/h4H,2-3H2,1H3. The first-order valence-electron chi connectivity index (χ1n) is 3.54. The van der Waals surface area contributed by atoms with E-state index in [1.807, 2.05) is 0 Å². The Balaban J connectivity index is 2.59. The van der Waals surface area contributed by atoms with Gasteiger partial charge in [0.1, 0.15) is 6.61 Å². The van der Waals surface area contributed by atoms with Gasteiger partial charge in [-0.3, -0.25) is 0 Å². The quantitative estimate of drug-likeness (QED) is 0.730. The largest absolute Gasteiger partial charge is 0.488 e. The molecule has 0 fully saturated rings. The molecule has 1 rings (SSSR count). The summed E-state index contributed by atoms with van der Waals surface area (Å²) in [6.07, 6.45) is 0. The predicted molar refractivity (Wildman–Crippen MR) is 49.4 cm³/mol. The Hall–Kier alpha value is -0.580. The molecule has 0 aliphatic rings. The average Bonchev–Trinajstić information content (AvgIpc) is 2.11. The fourth-order valence-corrected chi connectivity index (χ4v) is 0.958. The van der Waals surface area contributed by atoms with E-state index in [-0.39, 0.29) is 10.3 Å². The molecule has 0 amide bonds. The van der Waals surface area contributed by atoms with Crippen molar-refractivity contribution in [1.29, 1.82) is 0 Å². The zero-order chi connectivity index (χ0) is 9.68. The van der Waals surface area contributed by atoms with Gasteiger partial charge in [0.15, 0.2) is 16.1 Å². The van der Waals surface area contributed by atoms with Gasteiger partial charge in [0.25, 0.3) is 0 Å². The smallest absolute Gasteiger partial charge is 0.193 e. The Morgan fingerprint density at radius 2 is 2.08 bits per heavy atom. The van der Waals surface area contributed by atoms with E-state index < -0.39 is 0 Å². The molecule has 0 bridgehead atoms. The van der Waals surface area contributed by atoms with Gasteiger partial charge in [0, 0.05) is 13.2 Å². The van der Waals surface area contributed by atoms with E-state index in [0.29, 0.717) is 19.0 Å². The van der Waals surface area contributed by atoms with E-state index in [1.54, 1.807) is 7.11 Å². The van der Waals surface area contributed by atoms with Crippen LogP contribution in [-0.2, 0) is 4.74 Å². The van der Waals surface area contributed by atoms with E-state index in [4.69, 9.17) is 32.7 Å². The SMILES string of the molecule is COCCOc1cc(Cl)nnc1Cl. The number of hydrogen-bond acceptors (Lipinski definition) is 4. The summed E-state index contributed by atoms with van der Waals surface area (Å²) in [4.78, 5) is 0. The molecule has 6 heteroatoms. The summed E-state index contributed by atoms with van der Waals surface area (Å²) >= 11 is 11.3. The molecule has 0 spiro atoms. The molecule has 1 aromatic rings. The van der Waals surface area contributed by atoms with Gasteiger partial charge >= 0.3 is 0 Å². The van der Waals surface area contributed by atoms with Crippen LogP contribution < -0.4 is 4.74 Å². The van der Waals surface area contributed by atoms with Gasteiger partial charge in [-0.05, 0) is 0 Å². The van der Waals surface area contributed by atoms with E-state index in [2.05, 4.69) is 10.2 Å². The molecule has 0 saturated heterocycles. The molecule has 4 nitrogen and oxygen atoms in total. The number of rotatable bonds is 4. The number of methoxy groups -OCH3 is 1. The van der Waals surface area contributed by atoms with E-state index in [0.717, 1.165) is 0 Å². The van der Waals surface area contributed by atoms with Gasteiger partial charge in [-0.25, -0.2) is 0 Å². The van der Waals surface area contributed by atoms with E-state index >= 15 is 0 Å². The van der Waals surface area contributed by atoms with Crippen molar-refractivity contribution in [2.24, 2.45) is 0 Å². The summed E-state index contributed by atoms with van der Waals surface area (Å²) in [5, 5.41) is 7.56. The summed E-state index contributed by atoms with van der Waals surface area (Å²) in [7, 11) is 1.59. The first kappa shape index (κ1) is 10.5. The van der Waals surface area contributed by atoms with Gasteiger partial charge in [0.05, 0.1) is 6.61 Å². The molecule has 0 radical (unpaired) electrons. The summed E-state index contributed by atoms with van der Waals surface area (Å²) in [5.74, 6) is 0.415. The molecule has 0 aliphatic heterocycles. The fraction of sp³-hybridized carbons (Fsp3) is 0.429. The van der Waals surface area contributed by atoms with Crippen LogP contribution in [-0.4, -0.2) is 30.5 Å². The number of halogens is 2. The topological polar surface area (TPSA) is 44.2 Å². The van der Waals surface area contributed by atoms with Crippen LogP contribution >= 0.6 is 23.2 Å². The van der Waals surface area contributed by atoms with Crippen molar-refractivity contribution in [3.05, 3.63) is 16.4 Å². The molecular weight excluding hydrogens is 215 g/mol.